The van der Waals surface area contributed by atoms with Gasteiger partial charge in [0.1, 0.15) is 0 Å². The van der Waals surface area contributed by atoms with Gasteiger partial charge in [-0.1, -0.05) is 29.8 Å². The lowest BCUT2D eigenvalue weighted by atomic mass is 9.96. The summed E-state index contributed by atoms with van der Waals surface area (Å²) in [5, 5.41) is 7.58. The van der Waals surface area contributed by atoms with Crippen LogP contribution in [0.1, 0.15) is 25.3 Å². The van der Waals surface area contributed by atoms with Crippen LogP contribution in [0.5, 0.6) is 0 Å². The van der Waals surface area contributed by atoms with Crippen LogP contribution >= 0.6 is 35.6 Å². The van der Waals surface area contributed by atoms with Gasteiger partial charge >= 0.3 is 0 Å². The van der Waals surface area contributed by atoms with E-state index >= 15 is 0 Å². The Kier molecular flexibility index (Phi) is 12.3. The molecule has 148 valence electrons. The molecule has 1 aromatic rings. The molecule has 0 aliphatic carbocycles. The van der Waals surface area contributed by atoms with Gasteiger partial charge in [-0.15, -0.1) is 24.0 Å². The number of guanidine groups is 1. The van der Waals surface area contributed by atoms with Crippen molar-refractivity contribution in [1.82, 2.24) is 15.5 Å². The largest absolute Gasteiger partial charge is 0.380 e. The summed E-state index contributed by atoms with van der Waals surface area (Å²) < 4.78 is 5.33. The maximum absolute atomic E-state index is 6.27. The van der Waals surface area contributed by atoms with Gasteiger partial charge in [0.05, 0.1) is 6.61 Å². The molecule has 0 spiro atoms. The number of halogens is 2. The van der Waals surface area contributed by atoms with Crippen molar-refractivity contribution < 1.29 is 4.74 Å². The molecule has 0 bridgehead atoms. The summed E-state index contributed by atoms with van der Waals surface area (Å²) in [7, 11) is 1.81. The van der Waals surface area contributed by atoms with Gasteiger partial charge in [0.15, 0.2) is 5.96 Å². The zero-order valence-electron chi connectivity index (χ0n) is 15.8. The molecule has 1 aliphatic rings. The van der Waals surface area contributed by atoms with Gasteiger partial charge in [0.2, 0.25) is 0 Å². The van der Waals surface area contributed by atoms with Crippen molar-refractivity contribution in [3.8, 4) is 0 Å². The topological polar surface area (TPSA) is 48.9 Å². The first-order chi connectivity index (χ1) is 12.2. The number of ether oxygens (including phenoxy) is 1. The van der Waals surface area contributed by atoms with Gasteiger partial charge in [0.25, 0.3) is 0 Å². The van der Waals surface area contributed by atoms with Crippen LogP contribution in [0.3, 0.4) is 0 Å². The van der Waals surface area contributed by atoms with Crippen LogP contribution in [0.2, 0.25) is 5.02 Å². The van der Waals surface area contributed by atoms with E-state index in [0.717, 1.165) is 50.3 Å². The molecule has 0 aromatic heterocycles. The summed E-state index contributed by atoms with van der Waals surface area (Å²) >= 11 is 6.27. The fourth-order valence-electron chi connectivity index (χ4n) is 3.06. The molecule has 1 aromatic carbocycles. The van der Waals surface area contributed by atoms with Gasteiger partial charge in [-0.25, -0.2) is 0 Å². The predicted molar refractivity (Wildman–Crippen MR) is 121 cm³/mol. The molecule has 0 amide bonds. The highest BCUT2D eigenvalue weighted by molar-refractivity contribution is 14.0. The number of piperidine rings is 1. The van der Waals surface area contributed by atoms with E-state index in [0.29, 0.717) is 12.5 Å². The van der Waals surface area contributed by atoms with E-state index in [2.05, 4.69) is 32.7 Å². The minimum Gasteiger partial charge on any atom is -0.380 e. The molecule has 1 heterocycles. The third kappa shape index (κ3) is 8.41. The fraction of sp³-hybridized carbons (Fsp3) is 0.632. The van der Waals surface area contributed by atoms with Crippen molar-refractivity contribution in [2.45, 2.75) is 26.3 Å². The highest BCUT2D eigenvalue weighted by atomic mass is 127. The van der Waals surface area contributed by atoms with Crippen molar-refractivity contribution >= 4 is 41.5 Å². The Hall–Kier alpha value is -0.570. The molecule has 2 N–H and O–H groups in total. The predicted octanol–water partition coefficient (Wildman–Crippen LogP) is 3.37. The maximum atomic E-state index is 6.27. The summed E-state index contributed by atoms with van der Waals surface area (Å²) in [6, 6.07) is 8.13. The minimum atomic E-state index is 0. The minimum absolute atomic E-state index is 0. The lowest BCUT2D eigenvalue weighted by molar-refractivity contribution is 0.152. The average molecular weight is 495 g/mol. The van der Waals surface area contributed by atoms with E-state index < -0.39 is 0 Å². The van der Waals surface area contributed by atoms with Crippen LogP contribution in [0.4, 0.5) is 0 Å². The third-order valence-corrected chi connectivity index (χ3v) is 4.95. The monoisotopic (exact) mass is 494 g/mol. The van der Waals surface area contributed by atoms with E-state index in [1.807, 2.05) is 26.1 Å². The molecule has 1 saturated heterocycles. The quantitative estimate of drug-likeness (QED) is 0.252. The van der Waals surface area contributed by atoms with Crippen LogP contribution < -0.4 is 10.6 Å². The van der Waals surface area contributed by atoms with Crippen LogP contribution in [-0.4, -0.2) is 57.3 Å². The Bertz CT molecular complexity index is 536. The van der Waals surface area contributed by atoms with E-state index in [-0.39, 0.29) is 24.0 Å². The molecule has 0 radical (unpaired) electrons. The molecule has 1 fully saturated rings. The van der Waals surface area contributed by atoms with E-state index in [9.17, 15) is 0 Å². The first-order valence-corrected chi connectivity index (χ1v) is 9.58. The summed E-state index contributed by atoms with van der Waals surface area (Å²) in [5.41, 5.74) is 1.22. The van der Waals surface area contributed by atoms with Crippen LogP contribution in [0, 0.1) is 5.92 Å². The van der Waals surface area contributed by atoms with Crippen LogP contribution in [0.25, 0.3) is 0 Å². The van der Waals surface area contributed by atoms with Crippen molar-refractivity contribution in [2.75, 3.05) is 46.4 Å². The zero-order valence-corrected chi connectivity index (χ0v) is 18.9. The Morgan fingerprint density at radius 3 is 2.65 bits per heavy atom. The standard InChI is InChI=1S/C19H31ClN4O.HI/c1-3-25-13-10-22-19(21-2)23-14-16-8-11-24(12-9-16)15-17-6-4-5-7-18(17)20;/h4-7,16H,3,8-15H2,1-2H3,(H2,21,22,23);1H. The Morgan fingerprint density at radius 2 is 2.00 bits per heavy atom. The molecule has 7 heteroatoms. The number of benzene rings is 1. The summed E-state index contributed by atoms with van der Waals surface area (Å²) in [6.07, 6.45) is 2.40. The second kappa shape index (κ2) is 13.6. The second-order valence-electron chi connectivity index (χ2n) is 6.39. The fourth-order valence-corrected chi connectivity index (χ4v) is 3.26. The smallest absolute Gasteiger partial charge is 0.191 e. The number of hydrogen-bond acceptors (Lipinski definition) is 3. The van der Waals surface area contributed by atoms with Gasteiger partial charge in [-0.2, -0.15) is 0 Å². The number of hydrogen-bond donors (Lipinski definition) is 2. The Balaban J connectivity index is 0.00000338. The molecule has 1 aliphatic heterocycles. The SMILES string of the molecule is CCOCCNC(=NC)NCC1CCN(Cc2ccccc2Cl)CC1.I. The summed E-state index contributed by atoms with van der Waals surface area (Å²) in [6.45, 7) is 8.39. The number of nitrogens with one attached hydrogen (secondary N) is 2. The number of likely N-dealkylation sites (tertiary alicyclic amines) is 1. The molecule has 5 nitrogen and oxygen atoms in total. The number of nitrogens with zero attached hydrogens (tertiary/aromatic N) is 2. The van der Waals surface area contributed by atoms with E-state index in [1.54, 1.807) is 0 Å². The summed E-state index contributed by atoms with van der Waals surface area (Å²) in [5.74, 6) is 1.55. The highest BCUT2D eigenvalue weighted by Crippen LogP contribution is 2.21. The molecule has 2 rings (SSSR count). The number of aliphatic imine (C=N–C) groups is 1. The first-order valence-electron chi connectivity index (χ1n) is 9.21. The molecule has 26 heavy (non-hydrogen) atoms. The van der Waals surface area contributed by atoms with Gasteiger partial charge in [-0.3, -0.25) is 9.89 Å². The lowest BCUT2D eigenvalue weighted by Crippen LogP contribution is -2.43. The van der Waals surface area contributed by atoms with Crippen molar-refractivity contribution in [3.05, 3.63) is 34.9 Å². The maximum Gasteiger partial charge on any atom is 0.191 e. The summed E-state index contributed by atoms with van der Waals surface area (Å²) in [4.78, 5) is 6.76. The normalized spacial score (nSPS) is 16.2. The van der Waals surface area contributed by atoms with Gasteiger partial charge < -0.3 is 15.4 Å². The van der Waals surface area contributed by atoms with Gasteiger partial charge in [0, 0.05) is 38.3 Å². The van der Waals surface area contributed by atoms with Crippen LogP contribution in [0.15, 0.2) is 29.3 Å². The van der Waals surface area contributed by atoms with Gasteiger partial charge in [-0.05, 0) is 50.4 Å². The average Bonchev–Trinajstić information content (AvgIpc) is 2.64. The van der Waals surface area contributed by atoms with Crippen molar-refractivity contribution in [2.24, 2.45) is 10.9 Å². The second-order valence-corrected chi connectivity index (χ2v) is 6.79. The Labute approximate surface area is 179 Å². The van der Waals surface area contributed by atoms with E-state index in [4.69, 9.17) is 16.3 Å². The number of rotatable bonds is 8. The third-order valence-electron chi connectivity index (χ3n) is 4.58. The Morgan fingerprint density at radius 1 is 1.27 bits per heavy atom. The molecule has 0 unspecified atom stereocenters. The van der Waals surface area contributed by atoms with E-state index in [1.165, 1.54) is 18.4 Å². The first kappa shape index (κ1) is 23.5. The molecule has 0 saturated carbocycles. The molecular weight excluding hydrogens is 463 g/mol. The molecule has 0 atom stereocenters. The van der Waals surface area contributed by atoms with Crippen molar-refractivity contribution in [3.63, 3.8) is 0 Å². The highest BCUT2D eigenvalue weighted by Gasteiger charge is 2.20. The van der Waals surface area contributed by atoms with Crippen LogP contribution in [-0.2, 0) is 11.3 Å². The van der Waals surface area contributed by atoms with Crippen molar-refractivity contribution in [1.29, 1.82) is 0 Å². The molecular formula is C19H32ClIN4O. The zero-order chi connectivity index (χ0) is 17.9. The lowest BCUT2D eigenvalue weighted by Gasteiger charge is -2.32.